The Balaban J connectivity index is 2.24. The fraction of sp³-hybridized carbons (Fsp3) is 0.417. The number of hydrogen-bond acceptors (Lipinski definition) is 2. The second-order valence-electron chi connectivity index (χ2n) is 3.76. The summed E-state index contributed by atoms with van der Waals surface area (Å²) in [6.45, 7) is 2.18. The molecule has 1 aromatic carbocycles. The van der Waals surface area contributed by atoms with Gasteiger partial charge in [0.15, 0.2) is 6.61 Å². The Morgan fingerprint density at radius 1 is 1.50 bits per heavy atom. The standard InChI is InChI=1S/C12H13NO/c1-9-2-5-11(10-3-4-10)12(8-9)14-7-6-13/h2,5,8,10H,3-4,7H2,1H3. The van der Waals surface area contributed by atoms with Crippen molar-refractivity contribution in [1.82, 2.24) is 0 Å². The second-order valence-corrected chi connectivity index (χ2v) is 3.76. The van der Waals surface area contributed by atoms with E-state index in [4.69, 9.17) is 10.00 Å². The molecular weight excluding hydrogens is 174 g/mol. The van der Waals surface area contributed by atoms with E-state index in [0.29, 0.717) is 5.92 Å². The van der Waals surface area contributed by atoms with Crippen molar-refractivity contribution in [2.24, 2.45) is 0 Å². The fourth-order valence-corrected chi connectivity index (χ4v) is 1.61. The van der Waals surface area contributed by atoms with Crippen LogP contribution in [0.3, 0.4) is 0 Å². The van der Waals surface area contributed by atoms with E-state index in [-0.39, 0.29) is 6.61 Å². The number of nitrogens with zero attached hydrogens (tertiary/aromatic N) is 1. The van der Waals surface area contributed by atoms with E-state index < -0.39 is 0 Å². The van der Waals surface area contributed by atoms with Crippen molar-refractivity contribution < 1.29 is 4.74 Å². The number of aryl methyl sites for hydroxylation is 1. The Morgan fingerprint density at radius 2 is 2.29 bits per heavy atom. The molecule has 0 spiro atoms. The van der Waals surface area contributed by atoms with Gasteiger partial charge in [-0.3, -0.25) is 0 Å². The number of benzene rings is 1. The van der Waals surface area contributed by atoms with Crippen LogP contribution in [0.15, 0.2) is 18.2 Å². The van der Waals surface area contributed by atoms with Crippen molar-refractivity contribution in [3.05, 3.63) is 29.3 Å². The zero-order valence-corrected chi connectivity index (χ0v) is 8.29. The first kappa shape index (κ1) is 9.08. The molecule has 0 unspecified atom stereocenters. The Morgan fingerprint density at radius 3 is 2.93 bits per heavy atom. The van der Waals surface area contributed by atoms with Gasteiger partial charge in [-0.15, -0.1) is 0 Å². The Labute approximate surface area is 84.1 Å². The Hall–Kier alpha value is -1.49. The van der Waals surface area contributed by atoms with E-state index in [1.807, 2.05) is 19.1 Å². The molecule has 1 aliphatic carbocycles. The molecule has 0 saturated heterocycles. The van der Waals surface area contributed by atoms with Gasteiger partial charge in [0, 0.05) is 0 Å². The first-order valence-electron chi connectivity index (χ1n) is 4.91. The van der Waals surface area contributed by atoms with Crippen LogP contribution in [-0.4, -0.2) is 6.61 Å². The molecule has 0 amide bonds. The zero-order chi connectivity index (χ0) is 9.97. The molecule has 0 aliphatic heterocycles. The van der Waals surface area contributed by atoms with Crippen LogP contribution in [0.25, 0.3) is 0 Å². The number of ether oxygens (including phenoxy) is 1. The van der Waals surface area contributed by atoms with Crippen LogP contribution < -0.4 is 4.74 Å². The summed E-state index contributed by atoms with van der Waals surface area (Å²) in [7, 11) is 0. The molecule has 14 heavy (non-hydrogen) atoms. The molecule has 2 rings (SSSR count). The maximum atomic E-state index is 8.47. The van der Waals surface area contributed by atoms with Crippen molar-refractivity contribution in [2.75, 3.05) is 6.61 Å². The first-order valence-corrected chi connectivity index (χ1v) is 4.91. The third kappa shape index (κ3) is 1.88. The quantitative estimate of drug-likeness (QED) is 0.729. The summed E-state index contributed by atoms with van der Waals surface area (Å²) >= 11 is 0. The summed E-state index contributed by atoms with van der Waals surface area (Å²) in [5.74, 6) is 1.57. The van der Waals surface area contributed by atoms with E-state index in [2.05, 4.69) is 12.1 Å². The van der Waals surface area contributed by atoms with Gasteiger partial charge in [0.2, 0.25) is 0 Å². The van der Waals surface area contributed by atoms with Gasteiger partial charge in [-0.1, -0.05) is 12.1 Å². The van der Waals surface area contributed by atoms with Crippen molar-refractivity contribution in [3.8, 4) is 11.8 Å². The normalized spacial score (nSPS) is 14.9. The van der Waals surface area contributed by atoms with Gasteiger partial charge in [0.1, 0.15) is 11.8 Å². The summed E-state index contributed by atoms with van der Waals surface area (Å²) in [6, 6.07) is 8.25. The fourth-order valence-electron chi connectivity index (χ4n) is 1.61. The molecule has 1 saturated carbocycles. The maximum absolute atomic E-state index is 8.47. The average molecular weight is 187 g/mol. The summed E-state index contributed by atoms with van der Waals surface area (Å²) in [5, 5.41) is 8.47. The smallest absolute Gasteiger partial charge is 0.174 e. The largest absolute Gasteiger partial charge is 0.478 e. The lowest BCUT2D eigenvalue weighted by atomic mass is 10.1. The Bertz CT molecular complexity index is 374. The molecule has 1 aliphatic rings. The van der Waals surface area contributed by atoms with Crippen LogP contribution in [0, 0.1) is 18.3 Å². The molecular formula is C12H13NO. The molecule has 2 nitrogen and oxygen atoms in total. The molecule has 2 heteroatoms. The predicted octanol–water partition coefficient (Wildman–Crippen LogP) is 2.77. The van der Waals surface area contributed by atoms with Crippen molar-refractivity contribution in [3.63, 3.8) is 0 Å². The van der Waals surface area contributed by atoms with Crippen LogP contribution in [0.2, 0.25) is 0 Å². The minimum Gasteiger partial charge on any atom is -0.478 e. The van der Waals surface area contributed by atoms with Gasteiger partial charge in [0.05, 0.1) is 0 Å². The van der Waals surface area contributed by atoms with Gasteiger partial charge < -0.3 is 4.74 Å². The molecule has 72 valence electrons. The SMILES string of the molecule is Cc1ccc(C2CC2)c(OCC#N)c1. The highest BCUT2D eigenvalue weighted by molar-refractivity contribution is 5.41. The highest BCUT2D eigenvalue weighted by Crippen LogP contribution is 2.44. The van der Waals surface area contributed by atoms with Crippen molar-refractivity contribution >= 4 is 0 Å². The van der Waals surface area contributed by atoms with E-state index in [0.717, 1.165) is 5.75 Å². The average Bonchev–Trinajstić information content (AvgIpc) is 2.98. The first-order chi connectivity index (χ1) is 6.81. The maximum Gasteiger partial charge on any atom is 0.174 e. The topological polar surface area (TPSA) is 33.0 Å². The van der Waals surface area contributed by atoms with Crippen LogP contribution in [0.1, 0.15) is 29.9 Å². The Kier molecular flexibility index (Phi) is 2.41. The highest BCUT2D eigenvalue weighted by atomic mass is 16.5. The summed E-state index contributed by atoms with van der Waals surface area (Å²) < 4.78 is 5.41. The lowest BCUT2D eigenvalue weighted by Crippen LogP contribution is -1.97. The van der Waals surface area contributed by atoms with Crippen LogP contribution in [0.5, 0.6) is 5.75 Å². The summed E-state index contributed by atoms with van der Waals surface area (Å²) in [5.41, 5.74) is 2.45. The number of nitriles is 1. The molecule has 0 atom stereocenters. The van der Waals surface area contributed by atoms with Crippen LogP contribution in [0.4, 0.5) is 0 Å². The highest BCUT2D eigenvalue weighted by Gasteiger charge is 2.26. The molecule has 0 aromatic heterocycles. The van der Waals surface area contributed by atoms with E-state index in [1.165, 1.54) is 24.0 Å². The van der Waals surface area contributed by atoms with Gasteiger partial charge in [-0.2, -0.15) is 5.26 Å². The molecule has 0 bridgehead atoms. The van der Waals surface area contributed by atoms with E-state index in [9.17, 15) is 0 Å². The molecule has 1 fully saturated rings. The van der Waals surface area contributed by atoms with Gasteiger partial charge in [-0.25, -0.2) is 0 Å². The van der Waals surface area contributed by atoms with E-state index in [1.54, 1.807) is 0 Å². The second kappa shape index (κ2) is 3.71. The molecule has 1 aromatic rings. The van der Waals surface area contributed by atoms with E-state index >= 15 is 0 Å². The summed E-state index contributed by atoms with van der Waals surface area (Å²) in [4.78, 5) is 0. The van der Waals surface area contributed by atoms with Gasteiger partial charge in [-0.05, 0) is 42.9 Å². The lowest BCUT2D eigenvalue weighted by Gasteiger charge is -2.09. The number of hydrogen-bond donors (Lipinski definition) is 0. The monoisotopic (exact) mass is 187 g/mol. The minimum atomic E-state index is 0.142. The van der Waals surface area contributed by atoms with Gasteiger partial charge in [0.25, 0.3) is 0 Å². The zero-order valence-electron chi connectivity index (χ0n) is 8.29. The van der Waals surface area contributed by atoms with Gasteiger partial charge >= 0.3 is 0 Å². The van der Waals surface area contributed by atoms with Crippen molar-refractivity contribution in [2.45, 2.75) is 25.7 Å². The minimum absolute atomic E-state index is 0.142. The summed E-state index contributed by atoms with van der Waals surface area (Å²) in [6.07, 6.45) is 2.51. The molecule has 0 heterocycles. The molecule has 0 radical (unpaired) electrons. The van der Waals surface area contributed by atoms with Crippen LogP contribution in [-0.2, 0) is 0 Å². The third-order valence-corrected chi connectivity index (χ3v) is 2.48. The predicted molar refractivity (Wildman–Crippen MR) is 54.3 cm³/mol. The molecule has 0 N–H and O–H groups in total. The third-order valence-electron chi connectivity index (χ3n) is 2.48. The van der Waals surface area contributed by atoms with Crippen LogP contribution >= 0.6 is 0 Å². The lowest BCUT2D eigenvalue weighted by molar-refractivity contribution is 0.364. The van der Waals surface area contributed by atoms with Crippen molar-refractivity contribution in [1.29, 1.82) is 5.26 Å². The number of rotatable bonds is 3.